The summed E-state index contributed by atoms with van der Waals surface area (Å²) >= 11 is 0. The average Bonchev–Trinajstić information content (AvgIpc) is 2.26. The van der Waals surface area contributed by atoms with Gasteiger partial charge in [-0.3, -0.25) is 0 Å². The second-order valence-electron chi connectivity index (χ2n) is 3.11. The number of rotatable bonds is 3. The SMILES string of the molecule is O=CCNc1ccc2ccccc2c1. The van der Waals surface area contributed by atoms with Crippen LogP contribution >= 0.6 is 0 Å². The highest BCUT2D eigenvalue weighted by molar-refractivity contribution is 5.85. The van der Waals surface area contributed by atoms with E-state index in [2.05, 4.69) is 17.4 Å². The van der Waals surface area contributed by atoms with E-state index in [0.29, 0.717) is 6.54 Å². The number of carbonyl (C=O) groups is 1. The molecular weight excluding hydrogens is 174 g/mol. The largest absolute Gasteiger partial charge is 0.378 e. The maximum atomic E-state index is 10.2. The molecule has 0 bridgehead atoms. The Bertz CT molecular complexity index is 451. The van der Waals surface area contributed by atoms with Gasteiger partial charge in [0.05, 0.1) is 6.54 Å². The van der Waals surface area contributed by atoms with Crippen LogP contribution in [0.4, 0.5) is 5.69 Å². The molecule has 0 aliphatic carbocycles. The molecule has 0 heterocycles. The summed E-state index contributed by atoms with van der Waals surface area (Å²) in [5, 5.41) is 5.41. The lowest BCUT2D eigenvalue weighted by molar-refractivity contribution is -0.106. The van der Waals surface area contributed by atoms with Crippen molar-refractivity contribution in [2.45, 2.75) is 0 Å². The van der Waals surface area contributed by atoms with Gasteiger partial charge in [-0.1, -0.05) is 30.3 Å². The average molecular weight is 185 g/mol. The predicted molar refractivity (Wildman–Crippen MR) is 58.5 cm³/mol. The van der Waals surface area contributed by atoms with Crippen molar-refractivity contribution in [1.82, 2.24) is 0 Å². The minimum atomic E-state index is 0.359. The summed E-state index contributed by atoms with van der Waals surface area (Å²) in [6, 6.07) is 14.2. The van der Waals surface area contributed by atoms with Crippen LogP contribution in [0.2, 0.25) is 0 Å². The molecule has 0 saturated carbocycles. The van der Waals surface area contributed by atoms with Crippen molar-refractivity contribution in [2.24, 2.45) is 0 Å². The zero-order valence-electron chi connectivity index (χ0n) is 7.73. The topological polar surface area (TPSA) is 29.1 Å². The lowest BCUT2D eigenvalue weighted by atomic mass is 10.1. The number of fused-ring (bicyclic) bond motifs is 1. The standard InChI is InChI=1S/C12H11NO/c14-8-7-13-12-6-5-10-3-1-2-4-11(10)9-12/h1-6,8-9,13H,7H2. The molecule has 2 aromatic carbocycles. The van der Waals surface area contributed by atoms with Gasteiger partial charge in [0.25, 0.3) is 0 Å². The quantitative estimate of drug-likeness (QED) is 0.744. The fraction of sp³-hybridized carbons (Fsp3) is 0.0833. The molecular formula is C12H11NO. The molecule has 1 N–H and O–H groups in total. The number of carbonyl (C=O) groups excluding carboxylic acids is 1. The molecule has 0 aromatic heterocycles. The van der Waals surface area contributed by atoms with Crippen LogP contribution in [-0.4, -0.2) is 12.8 Å². The summed E-state index contributed by atoms with van der Waals surface area (Å²) in [4.78, 5) is 10.2. The van der Waals surface area contributed by atoms with Crippen LogP contribution in [0.25, 0.3) is 10.8 Å². The van der Waals surface area contributed by atoms with Crippen molar-refractivity contribution in [1.29, 1.82) is 0 Å². The zero-order chi connectivity index (χ0) is 9.80. The summed E-state index contributed by atoms with van der Waals surface area (Å²) < 4.78 is 0. The Morgan fingerprint density at radius 3 is 2.64 bits per heavy atom. The summed E-state index contributed by atoms with van der Waals surface area (Å²) in [5.74, 6) is 0. The monoisotopic (exact) mass is 185 g/mol. The number of hydrogen-bond donors (Lipinski definition) is 1. The first-order valence-electron chi connectivity index (χ1n) is 4.56. The molecule has 0 spiro atoms. The van der Waals surface area contributed by atoms with Crippen LogP contribution in [0, 0.1) is 0 Å². The van der Waals surface area contributed by atoms with E-state index in [1.807, 2.05) is 30.3 Å². The van der Waals surface area contributed by atoms with Gasteiger partial charge >= 0.3 is 0 Å². The van der Waals surface area contributed by atoms with Crippen molar-refractivity contribution in [3.05, 3.63) is 42.5 Å². The molecule has 0 amide bonds. The summed E-state index contributed by atoms with van der Waals surface area (Å²) in [6.07, 6.45) is 0.856. The maximum Gasteiger partial charge on any atom is 0.139 e. The fourth-order valence-electron chi connectivity index (χ4n) is 1.46. The van der Waals surface area contributed by atoms with Gasteiger partial charge in [0.15, 0.2) is 0 Å². The number of nitrogens with one attached hydrogen (secondary N) is 1. The molecule has 14 heavy (non-hydrogen) atoms. The first-order valence-corrected chi connectivity index (χ1v) is 4.56. The minimum absolute atomic E-state index is 0.359. The van der Waals surface area contributed by atoms with Gasteiger partial charge in [0, 0.05) is 5.69 Å². The van der Waals surface area contributed by atoms with Crippen molar-refractivity contribution in [3.63, 3.8) is 0 Å². The second kappa shape index (κ2) is 3.92. The number of benzene rings is 2. The van der Waals surface area contributed by atoms with E-state index in [0.717, 1.165) is 12.0 Å². The van der Waals surface area contributed by atoms with E-state index < -0.39 is 0 Å². The van der Waals surface area contributed by atoms with Crippen LogP contribution in [0.1, 0.15) is 0 Å². The van der Waals surface area contributed by atoms with Crippen LogP contribution in [-0.2, 0) is 4.79 Å². The molecule has 70 valence electrons. The highest BCUT2D eigenvalue weighted by atomic mass is 16.1. The third-order valence-electron chi connectivity index (χ3n) is 2.14. The van der Waals surface area contributed by atoms with Gasteiger partial charge in [-0.05, 0) is 22.9 Å². The fourth-order valence-corrected chi connectivity index (χ4v) is 1.46. The Labute approximate surface area is 82.6 Å². The third-order valence-corrected chi connectivity index (χ3v) is 2.14. The van der Waals surface area contributed by atoms with Crippen molar-refractivity contribution in [3.8, 4) is 0 Å². The Morgan fingerprint density at radius 2 is 1.86 bits per heavy atom. The summed E-state index contributed by atoms with van der Waals surface area (Å²) in [5.41, 5.74) is 0.982. The van der Waals surface area contributed by atoms with Crippen LogP contribution in [0.3, 0.4) is 0 Å². The molecule has 0 saturated heterocycles. The second-order valence-corrected chi connectivity index (χ2v) is 3.11. The Morgan fingerprint density at radius 1 is 1.07 bits per heavy atom. The van der Waals surface area contributed by atoms with E-state index in [4.69, 9.17) is 0 Å². The normalized spacial score (nSPS) is 10.0. The Kier molecular flexibility index (Phi) is 2.45. The van der Waals surface area contributed by atoms with E-state index in [9.17, 15) is 4.79 Å². The van der Waals surface area contributed by atoms with E-state index in [1.54, 1.807) is 0 Å². The highest BCUT2D eigenvalue weighted by Gasteiger charge is 1.93. The number of aldehydes is 1. The van der Waals surface area contributed by atoms with Crippen LogP contribution < -0.4 is 5.32 Å². The van der Waals surface area contributed by atoms with E-state index in [1.165, 1.54) is 10.8 Å². The number of anilines is 1. The van der Waals surface area contributed by atoms with Gasteiger partial charge in [0.2, 0.25) is 0 Å². The van der Waals surface area contributed by atoms with Gasteiger partial charge in [0.1, 0.15) is 6.29 Å². The van der Waals surface area contributed by atoms with Crippen molar-refractivity contribution < 1.29 is 4.79 Å². The van der Waals surface area contributed by atoms with Gasteiger partial charge in [-0.2, -0.15) is 0 Å². The summed E-state index contributed by atoms with van der Waals surface area (Å²) in [7, 11) is 0. The molecule has 2 nitrogen and oxygen atoms in total. The maximum absolute atomic E-state index is 10.2. The highest BCUT2D eigenvalue weighted by Crippen LogP contribution is 2.18. The molecule has 2 heteroatoms. The predicted octanol–water partition coefficient (Wildman–Crippen LogP) is 2.45. The van der Waals surface area contributed by atoms with Gasteiger partial charge in [-0.25, -0.2) is 0 Å². The minimum Gasteiger partial charge on any atom is -0.378 e. The van der Waals surface area contributed by atoms with E-state index >= 15 is 0 Å². The molecule has 0 unspecified atom stereocenters. The Hall–Kier alpha value is -1.83. The molecule has 0 fully saturated rings. The smallest absolute Gasteiger partial charge is 0.139 e. The zero-order valence-corrected chi connectivity index (χ0v) is 7.73. The molecule has 0 aliphatic rings. The van der Waals surface area contributed by atoms with Crippen molar-refractivity contribution >= 4 is 22.7 Å². The van der Waals surface area contributed by atoms with Gasteiger partial charge in [-0.15, -0.1) is 0 Å². The first-order chi connectivity index (χ1) is 6.90. The van der Waals surface area contributed by atoms with Crippen LogP contribution in [0.5, 0.6) is 0 Å². The lowest BCUT2D eigenvalue weighted by Crippen LogP contribution is -2.01. The third kappa shape index (κ3) is 1.74. The lowest BCUT2D eigenvalue weighted by Gasteiger charge is -2.03. The molecule has 2 rings (SSSR count). The molecule has 0 radical (unpaired) electrons. The molecule has 0 aliphatic heterocycles. The summed E-state index contributed by atoms with van der Waals surface area (Å²) in [6.45, 7) is 0.359. The van der Waals surface area contributed by atoms with E-state index in [-0.39, 0.29) is 0 Å². The number of hydrogen-bond acceptors (Lipinski definition) is 2. The van der Waals surface area contributed by atoms with Gasteiger partial charge < -0.3 is 10.1 Å². The van der Waals surface area contributed by atoms with Crippen LogP contribution in [0.15, 0.2) is 42.5 Å². The Balaban J connectivity index is 2.36. The van der Waals surface area contributed by atoms with Crippen molar-refractivity contribution in [2.75, 3.05) is 11.9 Å². The molecule has 2 aromatic rings. The first kappa shape index (κ1) is 8.75. The molecule has 0 atom stereocenters.